The molecule has 1 atom stereocenters. The van der Waals surface area contributed by atoms with Crippen LogP contribution in [0.15, 0.2) is 0 Å². The average molecular weight is 223 g/mol. The van der Waals surface area contributed by atoms with Crippen molar-refractivity contribution in [2.75, 3.05) is 5.75 Å². The molecule has 0 aromatic carbocycles. The Morgan fingerprint density at radius 2 is 1.79 bits per heavy atom. The molecule has 0 amide bonds. The number of carbonyl (C=O) groups excluding carboxylic acids is 1. The molecule has 14 heavy (non-hydrogen) atoms. The van der Waals surface area contributed by atoms with E-state index in [2.05, 4.69) is 12.6 Å². The van der Waals surface area contributed by atoms with E-state index in [4.69, 9.17) is 15.9 Å². The lowest BCUT2D eigenvalue weighted by atomic mass is 10.3. The summed E-state index contributed by atoms with van der Waals surface area (Å²) in [5.74, 6) is -2.19. The predicted molar refractivity (Wildman–Crippen MR) is 52.4 cm³/mol. The molecular formula is C7H13NO5S. The Balaban J connectivity index is 0. The van der Waals surface area contributed by atoms with Gasteiger partial charge in [-0.25, -0.2) is 0 Å². The minimum Gasteiger partial charge on any atom is -0.481 e. The second-order valence-corrected chi connectivity index (χ2v) is 2.76. The highest BCUT2D eigenvalue weighted by Crippen LogP contribution is 1.80. The topological polar surface area (TPSA) is 118 Å². The van der Waals surface area contributed by atoms with E-state index in [1.165, 1.54) is 6.92 Å². The molecule has 4 N–H and O–H groups in total. The molecule has 0 spiro atoms. The molecule has 1 unspecified atom stereocenters. The van der Waals surface area contributed by atoms with E-state index in [0.29, 0.717) is 0 Å². The van der Waals surface area contributed by atoms with Gasteiger partial charge in [0, 0.05) is 5.75 Å². The average Bonchev–Trinajstić information content (AvgIpc) is 2.01. The number of Topliss-reactive ketones (excluding diaryl/α,β-unsaturated/α-hetero) is 1. The van der Waals surface area contributed by atoms with E-state index in [1.54, 1.807) is 0 Å². The van der Waals surface area contributed by atoms with Gasteiger partial charge in [0.25, 0.3) is 0 Å². The zero-order valence-electron chi connectivity index (χ0n) is 7.64. The van der Waals surface area contributed by atoms with E-state index in [-0.39, 0.29) is 18.0 Å². The normalized spacial score (nSPS) is 10.8. The van der Waals surface area contributed by atoms with Crippen LogP contribution in [0.2, 0.25) is 0 Å². The molecule has 0 heterocycles. The van der Waals surface area contributed by atoms with Crippen LogP contribution in [0.5, 0.6) is 0 Å². The fourth-order valence-electron chi connectivity index (χ4n) is 0.291. The van der Waals surface area contributed by atoms with Gasteiger partial charge in [-0.05, 0) is 6.92 Å². The summed E-state index contributed by atoms with van der Waals surface area (Å²) < 4.78 is 0. The fraction of sp³-hybridized carbons (Fsp3) is 0.571. The van der Waals surface area contributed by atoms with E-state index in [0.717, 1.165) is 0 Å². The summed E-state index contributed by atoms with van der Waals surface area (Å²) in [7, 11) is 0. The van der Waals surface area contributed by atoms with Crippen molar-refractivity contribution >= 4 is 30.4 Å². The van der Waals surface area contributed by atoms with Crippen molar-refractivity contribution in [3.05, 3.63) is 0 Å². The van der Waals surface area contributed by atoms with Gasteiger partial charge in [-0.2, -0.15) is 12.6 Å². The first-order valence-corrected chi connectivity index (χ1v) is 4.25. The first-order chi connectivity index (χ1) is 6.31. The highest BCUT2D eigenvalue weighted by atomic mass is 32.1. The number of hydrogen-bond acceptors (Lipinski definition) is 5. The van der Waals surface area contributed by atoms with Gasteiger partial charge in [-0.1, -0.05) is 0 Å². The summed E-state index contributed by atoms with van der Waals surface area (Å²) >= 11 is 3.65. The Hall–Kier alpha value is -1.08. The number of aliphatic carboxylic acids is 2. The van der Waals surface area contributed by atoms with Crippen molar-refractivity contribution in [1.29, 1.82) is 0 Å². The molecule has 0 saturated heterocycles. The summed E-state index contributed by atoms with van der Waals surface area (Å²) in [5, 5.41) is 15.9. The monoisotopic (exact) mass is 223 g/mol. The minimum atomic E-state index is -1.06. The number of carboxylic acids is 2. The van der Waals surface area contributed by atoms with Gasteiger partial charge in [0.05, 0.1) is 0 Å². The van der Waals surface area contributed by atoms with Crippen molar-refractivity contribution in [2.45, 2.75) is 19.4 Å². The van der Waals surface area contributed by atoms with Crippen LogP contribution < -0.4 is 5.73 Å². The van der Waals surface area contributed by atoms with Gasteiger partial charge in [0.15, 0.2) is 0 Å². The number of thiol groups is 1. The lowest BCUT2D eigenvalue weighted by Crippen LogP contribution is -2.31. The number of ketones is 1. The third-order valence-electron chi connectivity index (χ3n) is 0.914. The Bertz CT molecular complexity index is 206. The number of rotatable bonds is 4. The van der Waals surface area contributed by atoms with Gasteiger partial charge in [0.2, 0.25) is 0 Å². The van der Waals surface area contributed by atoms with Gasteiger partial charge in [0.1, 0.15) is 18.2 Å². The summed E-state index contributed by atoms with van der Waals surface area (Å²) in [6.45, 7) is 1.24. The van der Waals surface area contributed by atoms with Gasteiger partial charge >= 0.3 is 11.9 Å². The molecule has 0 bridgehead atoms. The first-order valence-electron chi connectivity index (χ1n) is 3.61. The van der Waals surface area contributed by atoms with Gasteiger partial charge in [-0.3, -0.25) is 14.4 Å². The molecule has 0 radical (unpaired) electrons. The van der Waals surface area contributed by atoms with Gasteiger partial charge in [-0.15, -0.1) is 0 Å². The Kier molecular flexibility index (Phi) is 9.36. The smallest absolute Gasteiger partial charge is 0.321 e. The Morgan fingerprint density at radius 3 is 1.79 bits per heavy atom. The van der Waals surface area contributed by atoms with Crippen LogP contribution in [0.3, 0.4) is 0 Å². The van der Waals surface area contributed by atoms with Crippen molar-refractivity contribution in [1.82, 2.24) is 0 Å². The number of nitrogens with two attached hydrogens (primary N) is 1. The maximum Gasteiger partial charge on any atom is 0.321 e. The second-order valence-electron chi connectivity index (χ2n) is 2.40. The lowest BCUT2D eigenvalue weighted by molar-refractivity contribution is -0.140. The highest BCUT2D eigenvalue weighted by molar-refractivity contribution is 7.80. The van der Waals surface area contributed by atoms with Crippen LogP contribution in [0.4, 0.5) is 0 Å². The standard InChI is InChI=1S/C4H6O3.C3H7NO2S/c1-3(5)2-4(6)7;4-2(1-7)3(5)6/h2H2,1H3,(H,6,7);2,7H,1,4H2,(H,5,6). The van der Waals surface area contributed by atoms with Crippen LogP contribution in [0.25, 0.3) is 0 Å². The molecule has 0 aliphatic rings. The van der Waals surface area contributed by atoms with Crippen molar-refractivity contribution in [3.63, 3.8) is 0 Å². The maximum absolute atomic E-state index is 9.87. The largest absolute Gasteiger partial charge is 0.481 e. The molecule has 0 aromatic rings. The van der Waals surface area contributed by atoms with E-state index >= 15 is 0 Å². The molecule has 0 aliphatic heterocycles. The lowest BCUT2D eigenvalue weighted by Gasteiger charge is -1.96. The number of carboxylic acid groups (broad SMARTS) is 2. The zero-order chi connectivity index (χ0) is 11.7. The molecule has 82 valence electrons. The summed E-state index contributed by atoms with van der Waals surface area (Å²) in [4.78, 5) is 29.2. The molecule has 6 nitrogen and oxygen atoms in total. The molecule has 7 heteroatoms. The van der Waals surface area contributed by atoms with Crippen molar-refractivity contribution < 1.29 is 24.6 Å². The van der Waals surface area contributed by atoms with E-state index in [1.807, 2.05) is 0 Å². The number of carbonyl (C=O) groups is 3. The van der Waals surface area contributed by atoms with E-state index in [9.17, 15) is 14.4 Å². The summed E-state index contributed by atoms with van der Waals surface area (Å²) in [6, 6.07) is -0.816. The zero-order valence-corrected chi connectivity index (χ0v) is 8.53. The summed E-state index contributed by atoms with van der Waals surface area (Å²) in [6.07, 6.45) is -0.361. The second kappa shape index (κ2) is 8.52. The Labute approximate surface area is 86.5 Å². The molecular weight excluding hydrogens is 210 g/mol. The van der Waals surface area contributed by atoms with Crippen LogP contribution in [-0.4, -0.2) is 39.7 Å². The SMILES string of the molecule is CC(=O)CC(=O)O.NC(CS)C(=O)O. The predicted octanol–water partition coefficient (Wildman–Crippen LogP) is -0.622. The number of hydrogen-bond donors (Lipinski definition) is 4. The van der Waals surface area contributed by atoms with Crippen LogP contribution >= 0.6 is 12.6 Å². The minimum absolute atomic E-state index is 0.190. The van der Waals surface area contributed by atoms with Crippen LogP contribution in [0.1, 0.15) is 13.3 Å². The Morgan fingerprint density at radius 1 is 1.36 bits per heavy atom. The van der Waals surface area contributed by atoms with Crippen molar-refractivity contribution in [2.24, 2.45) is 5.73 Å². The molecule has 0 fully saturated rings. The van der Waals surface area contributed by atoms with Crippen molar-refractivity contribution in [3.8, 4) is 0 Å². The molecule has 0 aliphatic carbocycles. The van der Waals surface area contributed by atoms with E-state index < -0.39 is 18.0 Å². The third kappa shape index (κ3) is 13.5. The van der Waals surface area contributed by atoms with Gasteiger partial charge < -0.3 is 15.9 Å². The van der Waals surface area contributed by atoms with Crippen LogP contribution in [0, 0.1) is 0 Å². The van der Waals surface area contributed by atoms with Crippen LogP contribution in [-0.2, 0) is 14.4 Å². The first kappa shape index (κ1) is 15.4. The fourth-order valence-corrected chi connectivity index (χ4v) is 0.447. The molecule has 0 saturated carbocycles. The molecule has 0 aromatic heterocycles. The summed E-state index contributed by atoms with van der Waals surface area (Å²) in [5.41, 5.74) is 4.94. The maximum atomic E-state index is 9.87. The molecule has 0 rings (SSSR count). The third-order valence-corrected chi connectivity index (χ3v) is 1.31. The quantitative estimate of drug-likeness (QED) is 0.372. The highest BCUT2D eigenvalue weighted by Gasteiger charge is 2.06.